The molecule has 7 heteroatoms. The number of non-ortho nitro benzene ring substituents is 1. The summed E-state index contributed by atoms with van der Waals surface area (Å²) < 4.78 is 26.4. The van der Waals surface area contributed by atoms with E-state index in [-0.39, 0.29) is 17.1 Å². The van der Waals surface area contributed by atoms with E-state index in [1.807, 2.05) is 0 Å². The standard InChI is InChI=1S/C13H12N2O4S/c16-15(17)12-6-4-5-11(9-12)10-14-20(18,19)13-7-2-1-3-8-13/h1-9,14H,10H2. The number of nitro benzene ring substituents is 1. The molecule has 20 heavy (non-hydrogen) atoms. The minimum atomic E-state index is -3.61. The monoisotopic (exact) mass is 292 g/mol. The topological polar surface area (TPSA) is 89.3 Å². The van der Waals surface area contributed by atoms with Crippen molar-refractivity contribution in [3.8, 4) is 0 Å². The summed E-state index contributed by atoms with van der Waals surface area (Å²) >= 11 is 0. The lowest BCUT2D eigenvalue weighted by Gasteiger charge is -2.06. The molecule has 0 aliphatic heterocycles. The quantitative estimate of drug-likeness (QED) is 0.675. The third-order valence-electron chi connectivity index (χ3n) is 2.64. The Kier molecular flexibility index (Phi) is 4.11. The van der Waals surface area contributed by atoms with Crippen LogP contribution >= 0.6 is 0 Å². The van der Waals surface area contributed by atoms with Crippen LogP contribution in [0.1, 0.15) is 5.56 Å². The minimum Gasteiger partial charge on any atom is -0.258 e. The predicted octanol–water partition coefficient (Wildman–Crippen LogP) is 2.07. The van der Waals surface area contributed by atoms with Gasteiger partial charge < -0.3 is 0 Å². The Balaban J connectivity index is 2.13. The van der Waals surface area contributed by atoms with Gasteiger partial charge in [-0.05, 0) is 17.7 Å². The number of hydrogen-bond acceptors (Lipinski definition) is 4. The molecule has 0 aliphatic carbocycles. The Hall–Kier alpha value is -2.25. The van der Waals surface area contributed by atoms with E-state index in [9.17, 15) is 18.5 Å². The van der Waals surface area contributed by atoms with Crippen molar-refractivity contribution in [3.63, 3.8) is 0 Å². The average molecular weight is 292 g/mol. The molecular weight excluding hydrogens is 280 g/mol. The van der Waals surface area contributed by atoms with E-state index >= 15 is 0 Å². The van der Waals surface area contributed by atoms with E-state index < -0.39 is 14.9 Å². The molecule has 0 unspecified atom stereocenters. The lowest BCUT2D eigenvalue weighted by Crippen LogP contribution is -2.23. The molecule has 0 heterocycles. The maximum Gasteiger partial charge on any atom is 0.269 e. The first-order valence-electron chi connectivity index (χ1n) is 5.77. The molecular formula is C13H12N2O4S. The molecule has 0 saturated carbocycles. The van der Waals surface area contributed by atoms with E-state index in [1.165, 1.54) is 30.3 Å². The molecule has 2 rings (SSSR count). The fourth-order valence-electron chi connectivity index (χ4n) is 1.64. The lowest BCUT2D eigenvalue weighted by atomic mass is 10.2. The van der Waals surface area contributed by atoms with Crippen molar-refractivity contribution in [2.75, 3.05) is 0 Å². The van der Waals surface area contributed by atoms with E-state index in [1.54, 1.807) is 24.3 Å². The number of nitrogens with one attached hydrogen (secondary N) is 1. The molecule has 0 saturated heterocycles. The Morgan fingerprint density at radius 1 is 1.05 bits per heavy atom. The highest BCUT2D eigenvalue weighted by Gasteiger charge is 2.13. The summed E-state index contributed by atoms with van der Waals surface area (Å²) in [6, 6.07) is 13.8. The second-order valence-corrected chi connectivity index (χ2v) is 5.83. The summed E-state index contributed by atoms with van der Waals surface area (Å²) in [4.78, 5) is 10.3. The van der Waals surface area contributed by atoms with Gasteiger partial charge in [-0.3, -0.25) is 10.1 Å². The molecule has 2 aromatic rings. The summed E-state index contributed by atoms with van der Waals surface area (Å²) in [5, 5.41) is 10.6. The van der Waals surface area contributed by atoms with Crippen LogP contribution in [0, 0.1) is 10.1 Å². The number of nitro groups is 1. The first kappa shape index (κ1) is 14.2. The highest BCUT2D eigenvalue weighted by molar-refractivity contribution is 7.89. The zero-order valence-corrected chi connectivity index (χ0v) is 11.2. The second-order valence-electron chi connectivity index (χ2n) is 4.06. The SMILES string of the molecule is O=[N+]([O-])c1cccc(CNS(=O)(=O)c2ccccc2)c1. The van der Waals surface area contributed by atoms with Gasteiger partial charge in [-0.1, -0.05) is 30.3 Å². The third kappa shape index (κ3) is 3.40. The summed E-state index contributed by atoms with van der Waals surface area (Å²) in [6.07, 6.45) is 0. The molecule has 0 bridgehead atoms. The molecule has 0 atom stereocenters. The van der Waals surface area contributed by atoms with Gasteiger partial charge in [0, 0.05) is 18.7 Å². The average Bonchev–Trinajstić information content (AvgIpc) is 2.46. The largest absolute Gasteiger partial charge is 0.269 e. The van der Waals surface area contributed by atoms with Crippen molar-refractivity contribution in [3.05, 3.63) is 70.3 Å². The van der Waals surface area contributed by atoms with Crippen LogP contribution in [0.3, 0.4) is 0 Å². The Morgan fingerprint density at radius 3 is 2.40 bits per heavy atom. The maximum absolute atomic E-state index is 12.0. The van der Waals surface area contributed by atoms with Gasteiger partial charge in [0.2, 0.25) is 10.0 Å². The van der Waals surface area contributed by atoms with Crippen LogP contribution in [0.4, 0.5) is 5.69 Å². The number of hydrogen-bond donors (Lipinski definition) is 1. The van der Waals surface area contributed by atoms with Gasteiger partial charge >= 0.3 is 0 Å². The van der Waals surface area contributed by atoms with Crippen LogP contribution in [0.5, 0.6) is 0 Å². The first-order valence-corrected chi connectivity index (χ1v) is 7.25. The highest BCUT2D eigenvalue weighted by Crippen LogP contribution is 2.14. The van der Waals surface area contributed by atoms with Gasteiger partial charge in [0.25, 0.3) is 5.69 Å². The number of benzene rings is 2. The van der Waals surface area contributed by atoms with Gasteiger partial charge in [0.1, 0.15) is 0 Å². The van der Waals surface area contributed by atoms with Crippen LogP contribution in [-0.2, 0) is 16.6 Å². The van der Waals surface area contributed by atoms with Crippen molar-refractivity contribution in [1.82, 2.24) is 4.72 Å². The van der Waals surface area contributed by atoms with Crippen molar-refractivity contribution in [2.24, 2.45) is 0 Å². The molecule has 0 spiro atoms. The zero-order valence-electron chi connectivity index (χ0n) is 10.4. The molecule has 1 N–H and O–H groups in total. The van der Waals surface area contributed by atoms with E-state index in [0.29, 0.717) is 5.56 Å². The van der Waals surface area contributed by atoms with Gasteiger partial charge in [0.05, 0.1) is 9.82 Å². The molecule has 0 amide bonds. The van der Waals surface area contributed by atoms with E-state index in [4.69, 9.17) is 0 Å². The lowest BCUT2D eigenvalue weighted by molar-refractivity contribution is -0.384. The van der Waals surface area contributed by atoms with Crippen LogP contribution in [-0.4, -0.2) is 13.3 Å². The maximum atomic E-state index is 12.0. The van der Waals surface area contributed by atoms with Crippen LogP contribution in [0.2, 0.25) is 0 Å². The van der Waals surface area contributed by atoms with Gasteiger partial charge in [-0.25, -0.2) is 13.1 Å². The predicted molar refractivity (Wildman–Crippen MR) is 73.6 cm³/mol. The second kappa shape index (κ2) is 5.81. The van der Waals surface area contributed by atoms with Gasteiger partial charge in [-0.2, -0.15) is 0 Å². The number of sulfonamides is 1. The molecule has 104 valence electrons. The first-order chi connectivity index (χ1) is 9.49. The third-order valence-corrected chi connectivity index (χ3v) is 4.06. The Morgan fingerprint density at radius 2 is 1.75 bits per heavy atom. The van der Waals surface area contributed by atoms with Crippen molar-refractivity contribution >= 4 is 15.7 Å². The molecule has 0 radical (unpaired) electrons. The Labute approximate surface area is 116 Å². The smallest absolute Gasteiger partial charge is 0.258 e. The van der Waals surface area contributed by atoms with E-state index in [2.05, 4.69) is 4.72 Å². The molecule has 2 aromatic carbocycles. The molecule has 0 aromatic heterocycles. The van der Waals surface area contributed by atoms with Crippen molar-refractivity contribution in [2.45, 2.75) is 11.4 Å². The number of nitrogens with zero attached hydrogens (tertiary/aromatic N) is 1. The fraction of sp³-hybridized carbons (Fsp3) is 0.0769. The summed E-state index contributed by atoms with van der Waals surface area (Å²) in [5.74, 6) is 0. The van der Waals surface area contributed by atoms with E-state index in [0.717, 1.165) is 0 Å². The molecule has 6 nitrogen and oxygen atoms in total. The highest BCUT2D eigenvalue weighted by atomic mass is 32.2. The van der Waals surface area contributed by atoms with Crippen LogP contribution < -0.4 is 4.72 Å². The minimum absolute atomic E-state index is 0.00108. The van der Waals surface area contributed by atoms with Gasteiger partial charge in [0.15, 0.2) is 0 Å². The van der Waals surface area contributed by atoms with Crippen LogP contribution in [0.25, 0.3) is 0 Å². The zero-order chi connectivity index (χ0) is 14.6. The van der Waals surface area contributed by atoms with Crippen molar-refractivity contribution in [1.29, 1.82) is 0 Å². The summed E-state index contributed by atoms with van der Waals surface area (Å²) in [5.41, 5.74) is 0.458. The summed E-state index contributed by atoms with van der Waals surface area (Å²) in [6.45, 7) is -0.00108. The number of rotatable bonds is 5. The van der Waals surface area contributed by atoms with Crippen LogP contribution in [0.15, 0.2) is 59.5 Å². The van der Waals surface area contributed by atoms with Crippen molar-refractivity contribution < 1.29 is 13.3 Å². The van der Waals surface area contributed by atoms with Gasteiger partial charge in [-0.15, -0.1) is 0 Å². The molecule has 0 fully saturated rings. The fourth-order valence-corrected chi connectivity index (χ4v) is 2.68. The molecule has 0 aliphatic rings. The normalized spacial score (nSPS) is 11.2. The Bertz CT molecular complexity index is 714. The summed E-state index contributed by atoms with van der Waals surface area (Å²) in [7, 11) is -3.61.